The third-order valence-electron chi connectivity index (χ3n) is 3.24. The zero-order chi connectivity index (χ0) is 10.7. The normalized spacial score (nSPS) is 27.2. The Balaban J connectivity index is 2.20. The molecule has 1 heterocycles. The molecule has 1 N–H and O–H groups in total. The molecule has 0 radical (unpaired) electrons. The van der Waals surface area contributed by atoms with Crippen molar-refractivity contribution >= 4 is 17.3 Å². The van der Waals surface area contributed by atoms with Gasteiger partial charge < -0.3 is 5.11 Å². The minimum Gasteiger partial charge on any atom is -0.481 e. The van der Waals surface area contributed by atoms with Crippen LogP contribution in [0.25, 0.3) is 0 Å². The molecule has 3 heteroatoms. The Bertz CT molecular complexity index is 318. The Morgan fingerprint density at radius 3 is 2.80 bits per heavy atom. The maximum atomic E-state index is 11.2. The van der Waals surface area contributed by atoms with Crippen LogP contribution in [-0.2, 0) is 4.79 Å². The summed E-state index contributed by atoms with van der Waals surface area (Å²) in [5, 5.41) is 11.3. The quantitative estimate of drug-likeness (QED) is 0.781. The van der Waals surface area contributed by atoms with Crippen LogP contribution in [0.2, 0.25) is 0 Å². The number of aliphatic carboxylic acids is 1. The zero-order valence-electron chi connectivity index (χ0n) is 8.69. The van der Waals surface area contributed by atoms with E-state index in [9.17, 15) is 9.90 Å². The molecule has 2 nitrogen and oxygen atoms in total. The van der Waals surface area contributed by atoms with Crippen molar-refractivity contribution in [2.24, 2.45) is 5.92 Å². The molecule has 0 bridgehead atoms. The predicted molar refractivity (Wildman–Crippen MR) is 61.3 cm³/mol. The first-order chi connectivity index (χ1) is 7.29. The zero-order valence-corrected chi connectivity index (χ0v) is 9.50. The molecule has 1 aliphatic rings. The second kappa shape index (κ2) is 4.79. The van der Waals surface area contributed by atoms with Gasteiger partial charge in [0.15, 0.2) is 0 Å². The third kappa shape index (κ3) is 2.40. The van der Waals surface area contributed by atoms with Gasteiger partial charge in [0, 0.05) is 10.8 Å². The molecule has 1 saturated carbocycles. The van der Waals surface area contributed by atoms with E-state index in [1.807, 2.05) is 11.4 Å². The molecule has 0 saturated heterocycles. The van der Waals surface area contributed by atoms with Crippen LogP contribution in [0.15, 0.2) is 17.5 Å². The molecule has 2 rings (SSSR count). The van der Waals surface area contributed by atoms with Gasteiger partial charge in [-0.05, 0) is 24.3 Å². The van der Waals surface area contributed by atoms with Crippen molar-refractivity contribution < 1.29 is 9.90 Å². The number of carboxylic acid groups (broad SMARTS) is 1. The lowest BCUT2D eigenvalue weighted by Crippen LogP contribution is -2.20. The van der Waals surface area contributed by atoms with Crippen LogP contribution in [-0.4, -0.2) is 11.1 Å². The minimum absolute atomic E-state index is 0.161. The smallest absolute Gasteiger partial charge is 0.307 e. The Hall–Kier alpha value is -0.830. The van der Waals surface area contributed by atoms with Gasteiger partial charge in [-0.1, -0.05) is 25.3 Å². The molecule has 0 aromatic carbocycles. The Kier molecular flexibility index (Phi) is 3.41. The number of hydrogen-bond acceptors (Lipinski definition) is 2. The van der Waals surface area contributed by atoms with Gasteiger partial charge in [0.2, 0.25) is 0 Å². The summed E-state index contributed by atoms with van der Waals surface area (Å²) in [4.78, 5) is 12.5. The molecule has 2 unspecified atom stereocenters. The van der Waals surface area contributed by atoms with Crippen molar-refractivity contribution in [3.8, 4) is 0 Å². The van der Waals surface area contributed by atoms with Crippen LogP contribution >= 0.6 is 11.3 Å². The van der Waals surface area contributed by atoms with E-state index in [4.69, 9.17) is 0 Å². The number of thiophene rings is 1. The molecular formula is C12H16O2S. The summed E-state index contributed by atoms with van der Waals surface area (Å²) in [6.07, 6.45) is 5.31. The second-order valence-electron chi connectivity index (χ2n) is 4.20. The molecular weight excluding hydrogens is 208 g/mol. The maximum Gasteiger partial charge on any atom is 0.307 e. The molecule has 2 atom stereocenters. The molecule has 15 heavy (non-hydrogen) atoms. The number of rotatable bonds is 2. The van der Waals surface area contributed by atoms with Gasteiger partial charge in [-0.25, -0.2) is 0 Å². The Morgan fingerprint density at radius 1 is 1.33 bits per heavy atom. The van der Waals surface area contributed by atoms with Crippen molar-refractivity contribution in [3.05, 3.63) is 22.4 Å². The van der Waals surface area contributed by atoms with E-state index in [0.717, 1.165) is 19.3 Å². The summed E-state index contributed by atoms with van der Waals surface area (Å²) in [6, 6.07) is 4.10. The Labute approximate surface area is 93.9 Å². The van der Waals surface area contributed by atoms with E-state index in [2.05, 4.69) is 6.07 Å². The van der Waals surface area contributed by atoms with Crippen molar-refractivity contribution in [2.45, 2.75) is 38.0 Å². The fourth-order valence-electron chi connectivity index (χ4n) is 2.45. The average molecular weight is 224 g/mol. The van der Waals surface area contributed by atoms with E-state index < -0.39 is 5.97 Å². The average Bonchev–Trinajstić information content (AvgIpc) is 2.61. The van der Waals surface area contributed by atoms with Crippen LogP contribution in [0, 0.1) is 5.92 Å². The van der Waals surface area contributed by atoms with Crippen molar-refractivity contribution in [1.82, 2.24) is 0 Å². The molecule has 82 valence electrons. The molecule has 1 aliphatic carbocycles. The van der Waals surface area contributed by atoms with Gasteiger partial charge in [-0.15, -0.1) is 11.3 Å². The van der Waals surface area contributed by atoms with Crippen LogP contribution in [0.5, 0.6) is 0 Å². The molecule has 1 aromatic rings. The summed E-state index contributed by atoms with van der Waals surface area (Å²) < 4.78 is 0. The first-order valence-electron chi connectivity index (χ1n) is 5.55. The fraction of sp³-hybridized carbons (Fsp3) is 0.583. The van der Waals surface area contributed by atoms with Gasteiger partial charge >= 0.3 is 5.97 Å². The molecule has 1 aromatic heterocycles. The number of hydrogen-bond donors (Lipinski definition) is 1. The topological polar surface area (TPSA) is 37.3 Å². The van der Waals surface area contributed by atoms with Gasteiger partial charge in [-0.2, -0.15) is 0 Å². The SMILES string of the molecule is O=C(O)C1CCCCCC1c1cccs1. The fourth-order valence-corrected chi connectivity index (χ4v) is 3.37. The second-order valence-corrected chi connectivity index (χ2v) is 5.18. The van der Waals surface area contributed by atoms with Gasteiger partial charge in [0.05, 0.1) is 5.92 Å². The van der Waals surface area contributed by atoms with Gasteiger partial charge in [-0.3, -0.25) is 4.79 Å². The molecule has 0 aliphatic heterocycles. The van der Waals surface area contributed by atoms with E-state index in [1.165, 1.54) is 17.7 Å². The lowest BCUT2D eigenvalue weighted by Gasteiger charge is -2.19. The summed E-state index contributed by atoms with van der Waals surface area (Å²) >= 11 is 1.70. The Morgan fingerprint density at radius 2 is 2.13 bits per heavy atom. The van der Waals surface area contributed by atoms with E-state index >= 15 is 0 Å². The van der Waals surface area contributed by atoms with Gasteiger partial charge in [0.1, 0.15) is 0 Å². The van der Waals surface area contributed by atoms with Crippen LogP contribution in [0.4, 0.5) is 0 Å². The lowest BCUT2D eigenvalue weighted by molar-refractivity contribution is -0.142. The van der Waals surface area contributed by atoms with Gasteiger partial charge in [0.25, 0.3) is 0 Å². The van der Waals surface area contributed by atoms with Crippen molar-refractivity contribution in [3.63, 3.8) is 0 Å². The molecule has 1 fully saturated rings. The van der Waals surface area contributed by atoms with Crippen LogP contribution in [0.3, 0.4) is 0 Å². The summed E-state index contributed by atoms with van der Waals surface area (Å²) in [7, 11) is 0. The summed E-state index contributed by atoms with van der Waals surface area (Å²) in [5.74, 6) is -0.522. The molecule has 0 amide bonds. The van der Waals surface area contributed by atoms with Crippen molar-refractivity contribution in [1.29, 1.82) is 0 Å². The van der Waals surface area contributed by atoms with E-state index in [-0.39, 0.29) is 11.8 Å². The van der Waals surface area contributed by atoms with Crippen LogP contribution < -0.4 is 0 Å². The first kappa shape index (κ1) is 10.7. The summed E-state index contributed by atoms with van der Waals surface area (Å²) in [5.41, 5.74) is 0. The van der Waals surface area contributed by atoms with Crippen LogP contribution in [0.1, 0.15) is 42.9 Å². The largest absolute Gasteiger partial charge is 0.481 e. The van der Waals surface area contributed by atoms with Crippen molar-refractivity contribution in [2.75, 3.05) is 0 Å². The number of carboxylic acids is 1. The highest BCUT2D eigenvalue weighted by Gasteiger charge is 2.30. The van der Waals surface area contributed by atoms with E-state index in [0.29, 0.717) is 0 Å². The standard InChI is InChI=1S/C12H16O2S/c13-12(14)10-6-3-1-2-5-9(10)11-7-4-8-15-11/h4,7-10H,1-3,5-6H2,(H,13,14). The highest BCUT2D eigenvalue weighted by Crippen LogP contribution is 2.38. The molecule has 0 spiro atoms. The highest BCUT2D eigenvalue weighted by molar-refractivity contribution is 7.10. The maximum absolute atomic E-state index is 11.2. The third-order valence-corrected chi connectivity index (χ3v) is 4.25. The number of carbonyl (C=O) groups is 1. The minimum atomic E-state index is -0.615. The highest BCUT2D eigenvalue weighted by atomic mass is 32.1. The first-order valence-corrected chi connectivity index (χ1v) is 6.43. The lowest BCUT2D eigenvalue weighted by atomic mass is 9.87. The predicted octanol–water partition coefficient (Wildman–Crippen LogP) is 3.50. The van der Waals surface area contributed by atoms with E-state index in [1.54, 1.807) is 11.3 Å². The summed E-state index contributed by atoms with van der Waals surface area (Å²) in [6.45, 7) is 0. The monoisotopic (exact) mass is 224 g/mol.